The van der Waals surface area contributed by atoms with Gasteiger partial charge >= 0.3 is 0 Å². The van der Waals surface area contributed by atoms with Crippen molar-refractivity contribution < 1.29 is 9.47 Å². The van der Waals surface area contributed by atoms with E-state index in [0.717, 1.165) is 23.8 Å². The molecule has 0 aliphatic rings. The molecule has 0 bridgehead atoms. The Bertz CT molecular complexity index is 554. The molecule has 3 heteroatoms. The SMILES string of the molecule is CCNC(C)c1cccc(Oc2ccccc2OC)c1. The fourth-order valence-electron chi connectivity index (χ4n) is 2.10. The van der Waals surface area contributed by atoms with Gasteiger partial charge in [-0.05, 0) is 43.3 Å². The molecule has 0 amide bonds. The topological polar surface area (TPSA) is 30.5 Å². The van der Waals surface area contributed by atoms with Crippen LogP contribution in [0, 0.1) is 0 Å². The van der Waals surface area contributed by atoms with Crippen LogP contribution < -0.4 is 14.8 Å². The maximum atomic E-state index is 5.92. The molecule has 2 aromatic rings. The predicted molar refractivity (Wildman–Crippen MR) is 81.6 cm³/mol. The van der Waals surface area contributed by atoms with E-state index in [9.17, 15) is 0 Å². The van der Waals surface area contributed by atoms with E-state index in [4.69, 9.17) is 9.47 Å². The monoisotopic (exact) mass is 271 g/mol. The third-order valence-electron chi connectivity index (χ3n) is 3.17. The summed E-state index contributed by atoms with van der Waals surface area (Å²) in [6.45, 7) is 5.19. The van der Waals surface area contributed by atoms with Gasteiger partial charge in [0, 0.05) is 6.04 Å². The molecule has 0 saturated carbocycles. The Kier molecular flexibility index (Phi) is 5.02. The molecular weight excluding hydrogens is 250 g/mol. The Labute approximate surface area is 120 Å². The van der Waals surface area contributed by atoms with Gasteiger partial charge in [-0.1, -0.05) is 31.2 Å². The number of para-hydroxylation sites is 2. The van der Waals surface area contributed by atoms with Gasteiger partial charge in [-0.15, -0.1) is 0 Å². The predicted octanol–water partition coefficient (Wildman–Crippen LogP) is 4.16. The molecule has 1 unspecified atom stereocenters. The Balaban J connectivity index is 2.19. The molecule has 0 aromatic heterocycles. The van der Waals surface area contributed by atoms with E-state index >= 15 is 0 Å². The van der Waals surface area contributed by atoms with Gasteiger partial charge in [-0.25, -0.2) is 0 Å². The van der Waals surface area contributed by atoms with Gasteiger partial charge < -0.3 is 14.8 Å². The summed E-state index contributed by atoms with van der Waals surface area (Å²) in [7, 11) is 1.64. The molecule has 1 N–H and O–H groups in total. The van der Waals surface area contributed by atoms with E-state index in [1.54, 1.807) is 7.11 Å². The molecule has 0 spiro atoms. The van der Waals surface area contributed by atoms with Gasteiger partial charge in [-0.2, -0.15) is 0 Å². The zero-order valence-electron chi connectivity index (χ0n) is 12.2. The van der Waals surface area contributed by atoms with Crippen LogP contribution in [0.3, 0.4) is 0 Å². The van der Waals surface area contributed by atoms with Gasteiger partial charge in [0.2, 0.25) is 0 Å². The summed E-state index contributed by atoms with van der Waals surface area (Å²) in [5.41, 5.74) is 1.21. The third-order valence-corrected chi connectivity index (χ3v) is 3.17. The summed E-state index contributed by atoms with van der Waals surface area (Å²) in [5, 5.41) is 3.40. The van der Waals surface area contributed by atoms with Crippen LogP contribution >= 0.6 is 0 Å². The molecule has 0 aliphatic carbocycles. The van der Waals surface area contributed by atoms with Crippen molar-refractivity contribution >= 4 is 0 Å². The highest BCUT2D eigenvalue weighted by Crippen LogP contribution is 2.31. The minimum atomic E-state index is 0.307. The Morgan fingerprint density at radius 2 is 1.80 bits per heavy atom. The Morgan fingerprint density at radius 3 is 2.50 bits per heavy atom. The number of benzene rings is 2. The number of methoxy groups -OCH3 is 1. The minimum Gasteiger partial charge on any atom is -0.493 e. The fraction of sp³-hybridized carbons (Fsp3) is 0.294. The average Bonchev–Trinajstić information content (AvgIpc) is 2.48. The summed E-state index contributed by atoms with van der Waals surface area (Å²) in [5.74, 6) is 2.28. The van der Waals surface area contributed by atoms with Crippen molar-refractivity contribution in [2.24, 2.45) is 0 Å². The van der Waals surface area contributed by atoms with E-state index in [2.05, 4.69) is 31.3 Å². The molecular formula is C17H21NO2. The number of hydrogen-bond acceptors (Lipinski definition) is 3. The number of hydrogen-bond donors (Lipinski definition) is 1. The maximum Gasteiger partial charge on any atom is 0.169 e. The number of ether oxygens (including phenoxy) is 2. The summed E-state index contributed by atoms with van der Waals surface area (Å²) < 4.78 is 11.2. The lowest BCUT2D eigenvalue weighted by Gasteiger charge is -2.15. The van der Waals surface area contributed by atoms with Crippen LogP contribution in [0.2, 0.25) is 0 Å². The highest BCUT2D eigenvalue weighted by atomic mass is 16.5. The van der Waals surface area contributed by atoms with Crippen molar-refractivity contribution in [3.05, 3.63) is 54.1 Å². The highest BCUT2D eigenvalue weighted by Gasteiger charge is 2.07. The summed E-state index contributed by atoms with van der Waals surface area (Å²) in [4.78, 5) is 0. The maximum absolute atomic E-state index is 5.92. The van der Waals surface area contributed by atoms with E-state index in [-0.39, 0.29) is 0 Å². The molecule has 3 nitrogen and oxygen atoms in total. The van der Waals surface area contributed by atoms with Gasteiger partial charge in [-0.3, -0.25) is 0 Å². The molecule has 0 saturated heterocycles. The third kappa shape index (κ3) is 3.52. The molecule has 0 aliphatic heterocycles. The average molecular weight is 271 g/mol. The zero-order chi connectivity index (χ0) is 14.4. The zero-order valence-corrected chi connectivity index (χ0v) is 12.2. The van der Waals surface area contributed by atoms with E-state index in [0.29, 0.717) is 6.04 Å². The second-order valence-corrected chi connectivity index (χ2v) is 4.60. The molecule has 2 rings (SSSR count). The van der Waals surface area contributed by atoms with Gasteiger partial charge in [0.15, 0.2) is 11.5 Å². The van der Waals surface area contributed by atoms with Crippen LogP contribution in [-0.2, 0) is 0 Å². The van der Waals surface area contributed by atoms with Crippen LogP contribution in [0.1, 0.15) is 25.5 Å². The number of rotatable bonds is 6. The van der Waals surface area contributed by atoms with Crippen LogP contribution in [-0.4, -0.2) is 13.7 Å². The van der Waals surface area contributed by atoms with Crippen LogP contribution in [0.25, 0.3) is 0 Å². The van der Waals surface area contributed by atoms with Crippen molar-refractivity contribution in [2.75, 3.05) is 13.7 Å². The van der Waals surface area contributed by atoms with Gasteiger partial charge in [0.25, 0.3) is 0 Å². The van der Waals surface area contributed by atoms with E-state index in [1.807, 2.05) is 36.4 Å². The van der Waals surface area contributed by atoms with Gasteiger partial charge in [0.1, 0.15) is 5.75 Å². The minimum absolute atomic E-state index is 0.307. The van der Waals surface area contributed by atoms with Crippen molar-refractivity contribution in [3.63, 3.8) is 0 Å². The van der Waals surface area contributed by atoms with Gasteiger partial charge in [0.05, 0.1) is 7.11 Å². The van der Waals surface area contributed by atoms with Crippen LogP contribution in [0.4, 0.5) is 0 Å². The van der Waals surface area contributed by atoms with Crippen LogP contribution in [0.5, 0.6) is 17.2 Å². The van der Waals surface area contributed by atoms with E-state index in [1.165, 1.54) is 5.56 Å². The standard InChI is InChI=1S/C17H21NO2/c1-4-18-13(2)14-8-7-9-15(12-14)20-17-11-6-5-10-16(17)19-3/h5-13,18H,4H2,1-3H3. The first-order valence-corrected chi connectivity index (χ1v) is 6.88. The molecule has 1 atom stereocenters. The first-order valence-electron chi connectivity index (χ1n) is 6.88. The van der Waals surface area contributed by atoms with Crippen LogP contribution in [0.15, 0.2) is 48.5 Å². The summed E-state index contributed by atoms with van der Waals surface area (Å²) in [6, 6.07) is 16.1. The highest BCUT2D eigenvalue weighted by molar-refractivity contribution is 5.43. The first-order chi connectivity index (χ1) is 9.74. The van der Waals surface area contributed by atoms with Crippen molar-refractivity contribution in [3.8, 4) is 17.2 Å². The quantitative estimate of drug-likeness (QED) is 0.855. The molecule has 20 heavy (non-hydrogen) atoms. The number of nitrogens with one attached hydrogen (secondary N) is 1. The fourth-order valence-corrected chi connectivity index (χ4v) is 2.10. The van der Waals surface area contributed by atoms with E-state index < -0.39 is 0 Å². The van der Waals surface area contributed by atoms with Crippen molar-refractivity contribution in [1.82, 2.24) is 5.32 Å². The summed E-state index contributed by atoms with van der Waals surface area (Å²) in [6.07, 6.45) is 0. The lowest BCUT2D eigenvalue weighted by Crippen LogP contribution is -2.17. The molecule has 2 aromatic carbocycles. The second kappa shape index (κ2) is 6.96. The lowest BCUT2D eigenvalue weighted by atomic mass is 10.1. The first kappa shape index (κ1) is 14.4. The van der Waals surface area contributed by atoms with Crippen molar-refractivity contribution in [2.45, 2.75) is 19.9 Å². The molecule has 0 radical (unpaired) electrons. The lowest BCUT2D eigenvalue weighted by molar-refractivity contribution is 0.378. The Hall–Kier alpha value is -2.00. The second-order valence-electron chi connectivity index (χ2n) is 4.60. The largest absolute Gasteiger partial charge is 0.493 e. The Morgan fingerprint density at radius 1 is 1.05 bits per heavy atom. The molecule has 106 valence electrons. The molecule has 0 heterocycles. The smallest absolute Gasteiger partial charge is 0.169 e. The molecule has 0 fully saturated rings. The normalized spacial score (nSPS) is 11.9. The van der Waals surface area contributed by atoms with Crippen molar-refractivity contribution in [1.29, 1.82) is 0 Å². The summed E-state index contributed by atoms with van der Waals surface area (Å²) >= 11 is 0.